The third kappa shape index (κ3) is 4.12. The minimum Gasteiger partial charge on any atom is -0.478 e. The van der Waals surface area contributed by atoms with Crippen LogP contribution in [0.5, 0.6) is 0 Å². The number of hydrogen-bond acceptors (Lipinski definition) is 4. The highest BCUT2D eigenvalue weighted by molar-refractivity contribution is 6.62. The number of rotatable bonds is 3. The molecule has 1 heterocycles. The van der Waals surface area contributed by atoms with Gasteiger partial charge in [0, 0.05) is 29.9 Å². The van der Waals surface area contributed by atoms with Crippen molar-refractivity contribution in [3.63, 3.8) is 0 Å². The Kier molecular flexibility index (Phi) is 5.14. The third-order valence-corrected chi connectivity index (χ3v) is 4.74. The molecular formula is C22H20FN5O2. The van der Waals surface area contributed by atoms with E-state index in [4.69, 9.17) is 0 Å². The molecule has 2 aromatic rings. The van der Waals surface area contributed by atoms with Crippen molar-refractivity contribution >= 4 is 40.4 Å². The number of amidine groups is 1. The average Bonchev–Trinajstić information content (AvgIpc) is 3.53. The number of anilines is 1. The Labute approximate surface area is 172 Å². The van der Waals surface area contributed by atoms with E-state index in [0.717, 1.165) is 12.8 Å². The maximum absolute atomic E-state index is 13.7. The number of benzene rings is 2. The molecule has 152 valence electrons. The quantitative estimate of drug-likeness (QED) is 0.533. The van der Waals surface area contributed by atoms with Gasteiger partial charge >= 0.3 is 5.97 Å². The Morgan fingerprint density at radius 2 is 2.07 bits per heavy atom. The van der Waals surface area contributed by atoms with Crippen molar-refractivity contribution in [2.24, 2.45) is 15.0 Å². The summed E-state index contributed by atoms with van der Waals surface area (Å²) in [4.78, 5) is 24.8. The van der Waals surface area contributed by atoms with Gasteiger partial charge in [0.1, 0.15) is 11.5 Å². The van der Waals surface area contributed by atoms with E-state index in [1.54, 1.807) is 25.2 Å². The summed E-state index contributed by atoms with van der Waals surface area (Å²) in [6.07, 6.45) is 2.13. The number of halogens is 1. The van der Waals surface area contributed by atoms with Crippen molar-refractivity contribution in [3.05, 3.63) is 66.0 Å². The molecule has 0 unspecified atom stereocenters. The first kappa shape index (κ1) is 19.5. The zero-order chi connectivity index (χ0) is 21.3. The van der Waals surface area contributed by atoms with E-state index < -0.39 is 11.8 Å². The molecule has 1 aliphatic carbocycles. The van der Waals surface area contributed by atoms with Crippen LogP contribution in [0.4, 0.5) is 15.8 Å². The van der Waals surface area contributed by atoms with Crippen molar-refractivity contribution in [1.29, 1.82) is 0 Å². The second kappa shape index (κ2) is 7.90. The molecule has 30 heavy (non-hydrogen) atoms. The monoisotopic (exact) mass is 405 g/mol. The van der Waals surface area contributed by atoms with E-state index in [9.17, 15) is 14.3 Å². The smallest absolute Gasteiger partial charge is 0.335 e. The highest BCUT2D eigenvalue weighted by Gasteiger charge is 2.26. The van der Waals surface area contributed by atoms with Crippen molar-refractivity contribution in [3.8, 4) is 0 Å². The number of fused-ring (bicyclic) bond motifs is 1. The fourth-order valence-electron chi connectivity index (χ4n) is 3.03. The van der Waals surface area contributed by atoms with E-state index in [-0.39, 0.29) is 5.56 Å². The lowest BCUT2D eigenvalue weighted by Crippen LogP contribution is -2.31. The Bertz CT molecular complexity index is 1130. The molecule has 2 aromatic carbocycles. The number of hydrogen-bond donors (Lipinski definition) is 3. The van der Waals surface area contributed by atoms with Gasteiger partial charge in [-0.15, -0.1) is 0 Å². The van der Waals surface area contributed by atoms with Crippen LogP contribution in [0.15, 0.2) is 64.0 Å². The normalized spacial score (nSPS) is 17.4. The Morgan fingerprint density at radius 3 is 2.73 bits per heavy atom. The van der Waals surface area contributed by atoms with Crippen molar-refractivity contribution in [2.75, 3.05) is 12.4 Å². The molecule has 8 heteroatoms. The zero-order valence-corrected chi connectivity index (χ0v) is 16.3. The molecule has 0 amide bonds. The summed E-state index contributed by atoms with van der Waals surface area (Å²) in [5.41, 5.74) is 2.73. The predicted octanol–water partition coefficient (Wildman–Crippen LogP) is 3.87. The van der Waals surface area contributed by atoms with Gasteiger partial charge in [-0.25, -0.2) is 19.2 Å². The topological polar surface area (TPSA) is 98.4 Å². The number of aromatic carboxylic acids is 1. The molecule has 0 saturated heterocycles. The van der Waals surface area contributed by atoms with Gasteiger partial charge in [-0.2, -0.15) is 0 Å². The number of aliphatic imine (C=N–C) groups is 3. The summed E-state index contributed by atoms with van der Waals surface area (Å²) in [6, 6.07) is 11.0. The Morgan fingerprint density at radius 1 is 1.27 bits per heavy atom. The first-order valence-electron chi connectivity index (χ1n) is 9.45. The molecule has 1 aliphatic heterocycles. The van der Waals surface area contributed by atoms with Crippen LogP contribution in [0.25, 0.3) is 5.57 Å². The van der Waals surface area contributed by atoms with Crippen LogP contribution in [-0.2, 0) is 0 Å². The Balaban J connectivity index is 1.79. The SMILES string of the molecule is C=C1/C(=N\C(=N/C)NC2CC2)C(Nc2cccc(F)c2)=Nc2cc(C(=O)O)ccc21. The summed E-state index contributed by atoms with van der Waals surface area (Å²) in [6.45, 7) is 4.15. The first-order valence-corrected chi connectivity index (χ1v) is 9.45. The number of carbonyl (C=O) groups is 1. The van der Waals surface area contributed by atoms with Crippen LogP contribution in [0.3, 0.4) is 0 Å². The summed E-state index contributed by atoms with van der Waals surface area (Å²) in [7, 11) is 1.64. The van der Waals surface area contributed by atoms with Crippen LogP contribution >= 0.6 is 0 Å². The molecule has 0 aromatic heterocycles. The van der Waals surface area contributed by atoms with Gasteiger partial charge in [0.2, 0.25) is 5.96 Å². The lowest BCUT2D eigenvalue weighted by Gasteiger charge is -2.22. The van der Waals surface area contributed by atoms with Crippen molar-refractivity contribution in [2.45, 2.75) is 18.9 Å². The van der Waals surface area contributed by atoms with E-state index in [1.807, 2.05) is 0 Å². The maximum Gasteiger partial charge on any atom is 0.335 e. The number of guanidine groups is 1. The largest absolute Gasteiger partial charge is 0.478 e. The van der Waals surface area contributed by atoms with Crippen molar-refractivity contribution in [1.82, 2.24) is 5.32 Å². The standard InChI is InChI=1S/C22H20FN5O2/c1-12-17-9-6-13(21(29)30)10-18(17)27-20(25-16-5-3-4-14(23)11-16)19(12)28-22(24-2)26-15-7-8-15/h3-6,9-11,15H,1,7-8H2,2H3,(H,24,26)(H,25,27)(H,29,30)/b28-19+. The van der Waals surface area contributed by atoms with E-state index in [0.29, 0.717) is 46.1 Å². The molecule has 3 N–H and O–H groups in total. The molecule has 0 spiro atoms. The molecule has 2 aliphatic rings. The van der Waals surface area contributed by atoms with E-state index in [2.05, 4.69) is 32.2 Å². The highest BCUT2D eigenvalue weighted by atomic mass is 19.1. The Hall–Kier alpha value is -3.81. The summed E-state index contributed by atoms with van der Waals surface area (Å²) < 4.78 is 13.7. The van der Waals surface area contributed by atoms with Crippen LogP contribution in [0, 0.1) is 5.82 Å². The van der Waals surface area contributed by atoms with Crippen LogP contribution in [0.1, 0.15) is 28.8 Å². The van der Waals surface area contributed by atoms with E-state index in [1.165, 1.54) is 24.3 Å². The fourth-order valence-corrected chi connectivity index (χ4v) is 3.03. The fraction of sp³-hybridized carbons (Fsp3) is 0.182. The summed E-state index contributed by atoms with van der Waals surface area (Å²) >= 11 is 0. The summed E-state index contributed by atoms with van der Waals surface area (Å²) in [5, 5.41) is 15.6. The highest BCUT2D eigenvalue weighted by Crippen LogP contribution is 2.33. The molecule has 0 bridgehead atoms. The molecule has 0 atom stereocenters. The van der Waals surface area contributed by atoms with Crippen LogP contribution < -0.4 is 10.6 Å². The van der Waals surface area contributed by atoms with Gasteiger partial charge in [-0.05, 0) is 43.2 Å². The maximum atomic E-state index is 13.7. The molecule has 4 rings (SSSR count). The number of carboxylic acids is 1. The molecule has 1 saturated carbocycles. The lowest BCUT2D eigenvalue weighted by molar-refractivity contribution is 0.0697. The molecule has 0 radical (unpaired) electrons. The van der Waals surface area contributed by atoms with E-state index >= 15 is 0 Å². The van der Waals surface area contributed by atoms with Gasteiger partial charge in [0.15, 0.2) is 5.84 Å². The average molecular weight is 405 g/mol. The van der Waals surface area contributed by atoms with Crippen molar-refractivity contribution < 1.29 is 14.3 Å². The number of nitrogens with one attached hydrogen (secondary N) is 2. The first-order chi connectivity index (χ1) is 14.4. The molecular weight excluding hydrogens is 385 g/mol. The van der Waals surface area contributed by atoms with Gasteiger partial charge in [-0.3, -0.25) is 4.99 Å². The molecule has 7 nitrogen and oxygen atoms in total. The van der Waals surface area contributed by atoms with Gasteiger partial charge in [0.05, 0.1) is 11.3 Å². The second-order valence-corrected chi connectivity index (χ2v) is 7.04. The minimum absolute atomic E-state index is 0.113. The summed E-state index contributed by atoms with van der Waals surface area (Å²) in [5.74, 6) is -0.660. The lowest BCUT2D eigenvalue weighted by atomic mass is 9.95. The zero-order valence-electron chi connectivity index (χ0n) is 16.3. The van der Waals surface area contributed by atoms with Crippen LogP contribution in [-0.4, -0.2) is 41.7 Å². The second-order valence-electron chi connectivity index (χ2n) is 7.04. The number of carboxylic acid groups (broad SMARTS) is 1. The third-order valence-electron chi connectivity index (χ3n) is 4.74. The predicted molar refractivity (Wildman–Crippen MR) is 117 cm³/mol. The molecule has 1 fully saturated rings. The number of nitrogens with zero attached hydrogens (tertiary/aromatic N) is 3. The van der Waals surface area contributed by atoms with Gasteiger partial charge in [0.25, 0.3) is 0 Å². The minimum atomic E-state index is -1.05. The van der Waals surface area contributed by atoms with Gasteiger partial charge in [-0.1, -0.05) is 18.7 Å². The van der Waals surface area contributed by atoms with Gasteiger partial charge < -0.3 is 15.7 Å². The van der Waals surface area contributed by atoms with Crippen LogP contribution in [0.2, 0.25) is 0 Å².